The molecule has 2 atom stereocenters. The average Bonchev–Trinajstić information content (AvgIpc) is 2.49. The second-order valence-electron chi connectivity index (χ2n) is 5.40. The van der Waals surface area contributed by atoms with Crippen LogP contribution in [0.5, 0.6) is 5.75 Å². The van der Waals surface area contributed by atoms with Gasteiger partial charge in [0.05, 0.1) is 12.7 Å². The molecule has 1 aromatic carbocycles. The van der Waals surface area contributed by atoms with Gasteiger partial charge in [0.15, 0.2) is 0 Å². The summed E-state index contributed by atoms with van der Waals surface area (Å²) in [5, 5.41) is 3.53. The van der Waals surface area contributed by atoms with Crippen LogP contribution in [-0.2, 0) is 4.74 Å². The van der Waals surface area contributed by atoms with E-state index >= 15 is 0 Å². The number of ether oxygens (including phenoxy) is 2. The Balaban J connectivity index is 1.99. The molecule has 2 rings (SSSR count). The first kappa shape index (κ1) is 15.3. The summed E-state index contributed by atoms with van der Waals surface area (Å²) in [5.74, 6) is 1.51. The quantitative estimate of drug-likeness (QED) is 0.773. The number of hydrogen-bond acceptors (Lipinski definition) is 3. The highest BCUT2D eigenvalue weighted by molar-refractivity contribution is 5.29. The molecule has 2 unspecified atom stereocenters. The first-order chi connectivity index (χ1) is 9.85. The predicted molar refractivity (Wildman–Crippen MR) is 82.2 cm³/mol. The number of benzene rings is 1. The Morgan fingerprint density at radius 2 is 2.05 bits per heavy atom. The third kappa shape index (κ3) is 4.22. The van der Waals surface area contributed by atoms with Crippen LogP contribution in [0.15, 0.2) is 24.3 Å². The smallest absolute Gasteiger partial charge is 0.119 e. The van der Waals surface area contributed by atoms with Gasteiger partial charge in [-0.2, -0.15) is 0 Å². The van der Waals surface area contributed by atoms with Crippen LogP contribution in [0.3, 0.4) is 0 Å². The van der Waals surface area contributed by atoms with Crippen molar-refractivity contribution >= 4 is 0 Å². The van der Waals surface area contributed by atoms with Gasteiger partial charge in [0.1, 0.15) is 5.75 Å². The highest BCUT2D eigenvalue weighted by Crippen LogP contribution is 2.33. The Kier molecular flexibility index (Phi) is 6.34. The highest BCUT2D eigenvalue weighted by Gasteiger charge is 2.26. The van der Waals surface area contributed by atoms with Gasteiger partial charge in [0.2, 0.25) is 0 Å². The Hall–Kier alpha value is -1.06. The highest BCUT2D eigenvalue weighted by atomic mass is 16.5. The van der Waals surface area contributed by atoms with Crippen molar-refractivity contribution in [2.45, 2.75) is 39.2 Å². The molecule has 1 heterocycles. The molecule has 1 saturated heterocycles. The van der Waals surface area contributed by atoms with E-state index in [0.717, 1.165) is 25.4 Å². The van der Waals surface area contributed by atoms with Gasteiger partial charge in [-0.1, -0.05) is 19.1 Å². The number of nitrogens with one attached hydrogen (secondary N) is 1. The molecule has 0 spiro atoms. The molecule has 0 aliphatic carbocycles. The van der Waals surface area contributed by atoms with Gasteiger partial charge < -0.3 is 14.8 Å². The SMILES string of the molecule is CCCNCC1CCCOC1c1ccc(OCC)cc1. The third-order valence-corrected chi connectivity index (χ3v) is 3.80. The molecule has 1 fully saturated rings. The van der Waals surface area contributed by atoms with Gasteiger partial charge in [0.25, 0.3) is 0 Å². The van der Waals surface area contributed by atoms with Gasteiger partial charge in [-0.05, 0) is 50.4 Å². The fourth-order valence-corrected chi connectivity index (χ4v) is 2.81. The van der Waals surface area contributed by atoms with E-state index < -0.39 is 0 Å². The maximum Gasteiger partial charge on any atom is 0.119 e. The van der Waals surface area contributed by atoms with E-state index in [0.29, 0.717) is 12.5 Å². The largest absolute Gasteiger partial charge is 0.494 e. The predicted octanol–water partition coefficient (Wildman–Crippen LogP) is 3.55. The molecule has 0 bridgehead atoms. The van der Waals surface area contributed by atoms with Crippen LogP contribution in [-0.4, -0.2) is 26.3 Å². The summed E-state index contributed by atoms with van der Waals surface area (Å²) in [5.41, 5.74) is 1.27. The van der Waals surface area contributed by atoms with Gasteiger partial charge in [-0.15, -0.1) is 0 Å². The first-order valence-electron chi connectivity index (χ1n) is 7.90. The topological polar surface area (TPSA) is 30.5 Å². The molecule has 1 aliphatic heterocycles. The van der Waals surface area contributed by atoms with E-state index in [1.54, 1.807) is 0 Å². The molecule has 3 nitrogen and oxygen atoms in total. The van der Waals surface area contributed by atoms with Crippen molar-refractivity contribution in [3.63, 3.8) is 0 Å². The van der Waals surface area contributed by atoms with Crippen LogP contribution in [0, 0.1) is 5.92 Å². The van der Waals surface area contributed by atoms with Crippen molar-refractivity contribution in [1.29, 1.82) is 0 Å². The minimum Gasteiger partial charge on any atom is -0.494 e. The van der Waals surface area contributed by atoms with E-state index in [4.69, 9.17) is 9.47 Å². The maximum atomic E-state index is 6.03. The summed E-state index contributed by atoms with van der Waals surface area (Å²) in [7, 11) is 0. The molecule has 1 aliphatic rings. The lowest BCUT2D eigenvalue weighted by Crippen LogP contribution is -2.32. The zero-order chi connectivity index (χ0) is 14.2. The summed E-state index contributed by atoms with van der Waals surface area (Å²) < 4.78 is 11.5. The van der Waals surface area contributed by atoms with Gasteiger partial charge in [-0.3, -0.25) is 0 Å². The Labute approximate surface area is 122 Å². The lowest BCUT2D eigenvalue weighted by atomic mass is 9.89. The van der Waals surface area contributed by atoms with Crippen molar-refractivity contribution in [2.75, 3.05) is 26.3 Å². The monoisotopic (exact) mass is 277 g/mol. The minimum absolute atomic E-state index is 0.226. The molecule has 0 radical (unpaired) electrons. The van der Waals surface area contributed by atoms with E-state index in [2.05, 4.69) is 24.4 Å². The van der Waals surface area contributed by atoms with Crippen molar-refractivity contribution in [3.8, 4) is 5.75 Å². The lowest BCUT2D eigenvalue weighted by Gasteiger charge is -2.32. The normalized spacial score (nSPS) is 22.7. The van der Waals surface area contributed by atoms with Crippen LogP contribution in [0.1, 0.15) is 44.8 Å². The van der Waals surface area contributed by atoms with Crippen molar-refractivity contribution in [1.82, 2.24) is 5.32 Å². The summed E-state index contributed by atoms with van der Waals surface area (Å²) >= 11 is 0. The van der Waals surface area contributed by atoms with Crippen LogP contribution >= 0.6 is 0 Å². The lowest BCUT2D eigenvalue weighted by molar-refractivity contribution is -0.0277. The minimum atomic E-state index is 0.226. The molecule has 1 N–H and O–H groups in total. The molecule has 112 valence electrons. The molecular formula is C17H27NO2. The zero-order valence-corrected chi connectivity index (χ0v) is 12.7. The van der Waals surface area contributed by atoms with Crippen molar-refractivity contribution < 1.29 is 9.47 Å². The van der Waals surface area contributed by atoms with E-state index in [9.17, 15) is 0 Å². The Morgan fingerprint density at radius 1 is 1.25 bits per heavy atom. The molecule has 0 saturated carbocycles. The maximum absolute atomic E-state index is 6.03. The average molecular weight is 277 g/mol. The molecular weight excluding hydrogens is 250 g/mol. The van der Waals surface area contributed by atoms with Gasteiger partial charge in [-0.25, -0.2) is 0 Å². The summed E-state index contributed by atoms with van der Waals surface area (Å²) in [4.78, 5) is 0. The number of hydrogen-bond donors (Lipinski definition) is 1. The molecule has 0 aromatic heterocycles. The zero-order valence-electron chi connectivity index (χ0n) is 12.7. The van der Waals surface area contributed by atoms with E-state index in [-0.39, 0.29) is 6.10 Å². The van der Waals surface area contributed by atoms with Crippen LogP contribution < -0.4 is 10.1 Å². The molecule has 1 aromatic rings. The molecule has 20 heavy (non-hydrogen) atoms. The Morgan fingerprint density at radius 3 is 2.75 bits per heavy atom. The fraction of sp³-hybridized carbons (Fsp3) is 0.647. The van der Waals surface area contributed by atoms with Crippen LogP contribution in [0.2, 0.25) is 0 Å². The third-order valence-electron chi connectivity index (χ3n) is 3.80. The van der Waals surface area contributed by atoms with Gasteiger partial charge in [0, 0.05) is 19.1 Å². The first-order valence-corrected chi connectivity index (χ1v) is 7.90. The number of rotatable bonds is 7. The molecule has 0 amide bonds. The van der Waals surface area contributed by atoms with Crippen LogP contribution in [0.4, 0.5) is 0 Å². The fourth-order valence-electron chi connectivity index (χ4n) is 2.81. The van der Waals surface area contributed by atoms with Crippen molar-refractivity contribution in [2.24, 2.45) is 5.92 Å². The van der Waals surface area contributed by atoms with Crippen LogP contribution in [0.25, 0.3) is 0 Å². The van der Waals surface area contributed by atoms with E-state index in [1.807, 2.05) is 19.1 Å². The standard InChI is InChI=1S/C17H27NO2/c1-3-11-18-13-15-6-5-12-20-17(15)14-7-9-16(10-8-14)19-4-2/h7-10,15,17-18H,3-6,11-13H2,1-2H3. The molecule has 3 heteroatoms. The second-order valence-corrected chi connectivity index (χ2v) is 5.40. The Bertz CT molecular complexity index is 377. The summed E-state index contributed by atoms with van der Waals surface area (Å²) in [6.45, 7) is 7.94. The summed E-state index contributed by atoms with van der Waals surface area (Å²) in [6.07, 6.45) is 3.82. The van der Waals surface area contributed by atoms with Gasteiger partial charge >= 0.3 is 0 Å². The van der Waals surface area contributed by atoms with E-state index in [1.165, 1.54) is 24.8 Å². The van der Waals surface area contributed by atoms with Crippen molar-refractivity contribution in [3.05, 3.63) is 29.8 Å². The summed E-state index contributed by atoms with van der Waals surface area (Å²) in [6, 6.07) is 8.39. The second kappa shape index (κ2) is 8.28.